The highest BCUT2D eigenvalue weighted by Gasteiger charge is 2.21. The molecule has 30 heavy (non-hydrogen) atoms. The average Bonchev–Trinajstić information content (AvgIpc) is 3.09. The zero-order valence-corrected chi connectivity index (χ0v) is 20.7. The summed E-state index contributed by atoms with van der Waals surface area (Å²) < 4.78 is 7.58. The topological polar surface area (TPSA) is 79.6 Å². The zero-order valence-electron chi connectivity index (χ0n) is 18.3. The van der Waals surface area contributed by atoms with Gasteiger partial charge in [0.15, 0.2) is 5.96 Å². The number of guanidine groups is 1. The van der Waals surface area contributed by atoms with Crippen molar-refractivity contribution in [2.45, 2.75) is 52.6 Å². The third-order valence-corrected chi connectivity index (χ3v) is 4.91. The van der Waals surface area contributed by atoms with E-state index in [4.69, 9.17) is 4.74 Å². The highest BCUT2D eigenvalue weighted by molar-refractivity contribution is 14.0. The summed E-state index contributed by atoms with van der Waals surface area (Å²) in [5.41, 5.74) is 2.51. The Morgan fingerprint density at radius 2 is 1.80 bits per heavy atom. The van der Waals surface area contributed by atoms with Crippen LogP contribution >= 0.6 is 24.0 Å². The third-order valence-electron chi connectivity index (χ3n) is 4.91. The molecule has 8 nitrogen and oxygen atoms in total. The first-order valence-corrected chi connectivity index (χ1v) is 10.3. The lowest BCUT2D eigenvalue weighted by Crippen LogP contribution is -2.44. The molecule has 0 bridgehead atoms. The summed E-state index contributed by atoms with van der Waals surface area (Å²) in [5.74, 6) is 1.64. The van der Waals surface area contributed by atoms with E-state index in [9.17, 15) is 0 Å². The number of aromatic nitrogens is 3. The second kappa shape index (κ2) is 12.2. The van der Waals surface area contributed by atoms with Crippen LogP contribution in [0.2, 0.25) is 0 Å². The van der Waals surface area contributed by atoms with Crippen molar-refractivity contribution < 1.29 is 4.74 Å². The lowest BCUT2D eigenvalue weighted by atomic mass is 10.1. The van der Waals surface area contributed by atoms with Gasteiger partial charge in [0.1, 0.15) is 12.2 Å². The number of morpholine rings is 1. The van der Waals surface area contributed by atoms with Crippen molar-refractivity contribution in [2.75, 3.05) is 19.6 Å². The van der Waals surface area contributed by atoms with E-state index < -0.39 is 0 Å². The molecule has 1 saturated heterocycles. The molecule has 0 spiro atoms. The summed E-state index contributed by atoms with van der Waals surface area (Å²) >= 11 is 0. The third kappa shape index (κ3) is 7.51. The molecule has 2 heterocycles. The van der Waals surface area contributed by atoms with Crippen molar-refractivity contribution in [2.24, 2.45) is 12.0 Å². The predicted octanol–water partition coefficient (Wildman–Crippen LogP) is 2.30. The molecule has 0 saturated carbocycles. The number of hydrogen-bond acceptors (Lipinski definition) is 5. The van der Waals surface area contributed by atoms with Gasteiger partial charge in [-0.1, -0.05) is 24.3 Å². The second-order valence-electron chi connectivity index (χ2n) is 7.62. The SMILES string of the molecule is CCNC(=NCc1ccc(CN2CC(C)OC(C)C2)cc1)NCc1ncnn1C.I. The van der Waals surface area contributed by atoms with Gasteiger partial charge in [0.05, 0.1) is 25.3 Å². The van der Waals surface area contributed by atoms with Crippen LogP contribution in [-0.4, -0.2) is 57.5 Å². The van der Waals surface area contributed by atoms with Gasteiger partial charge in [-0.25, -0.2) is 9.98 Å². The molecular weight excluding hydrogens is 493 g/mol. The first kappa shape index (κ1) is 24.5. The number of ether oxygens (including phenoxy) is 1. The maximum Gasteiger partial charge on any atom is 0.191 e. The van der Waals surface area contributed by atoms with Crippen LogP contribution in [0.25, 0.3) is 0 Å². The molecule has 9 heteroatoms. The summed E-state index contributed by atoms with van der Waals surface area (Å²) in [7, 11) is 1.88. The standard InChI is InChI=1S/C21H33N7O.HI/c1-5-22-21(24-11-20-25-15-26-27(20)4)23-10-18-6-8-19(9-7-18)14-28-12-16(2)29-17(3)13-28;/h6-9,15-17H,5,10-14H2,1-4H3,(H2,22,23,24);1H. The molecule has 1 aromatic heterocycles. The smallest absolute Gasteiger partial charge is 0.191 e. The van der Waals surface area contributed by atoms with E-state index >= 15 is 0 Å². The van der Waals surface area contributed by atoms with Crippen molar-refractivity contribution in [1.29, 1.82) is 0 Å². The molecule has 2 atom stereocenters. The van der Waals surface area contributed by atoms with Gasteiger partial charge >= 0.3 is 0 Å². The number of benzene rings is 1. The largest absolute Gasteiger partial charge is 0.373 e. The summed E-state index contributed by atoms with van der Waals surface area (Å²) in [5, 5.41) is 10.7. The number of rotatable bonds is 7. The highest BCUT2D eigenvalue weighted by Crippen LogP contribution is 2.15. The molecule has 2 N–H and O–H groups in total. The molecule has 1 aromatic carbocycles. The van der Waals surface area contributed by atoms with Crippen molar-refractivity contribution >= 4 is 29.9 Å². The highest BCUT2D eigenvalue weighted by atomic mass is 127. The van der Waals surface area contributed by atoms with Gasteiger partial charge in [-0.15, -0.1) is 24.0 Å². The van der Waals surface area contributed by atoms with E-state index in [0.717, 1.165) is 38.0 Å². The summed E-state index contributed by atoms with van der Waals surface area (Å²) in [6.07, 6.45) is 2.15. The number of aliphatic imine (C=N–C) groups is 1. The van der Waals surface area contributed by atoms with E-state index in [1.807, 2.05) is 7.05 Å². The molecule has 0 radical (unpaired) electrons. The van der Waals surface area contributed by atoms with Gasteiger partial charge in [0.2, 0.25) is 0 Å². The summed E-state index contributed by atoms with van der Waals surface area (Å²) in [6.45, 7) is 11.3. The van der Waals surface area contributed by atoms with Crippen LogP contribution in [0.3, 0.4) is 0 Å². The van der Waals surface area contributed by atoms with Gasteiger partial charge in [-0.3, -0.25) is 9.58 Å². The molecule has 2 unspecified atom stereocenters. The Balaban J connectivity index is 0.00000320. The summed E-state index contributed by atoms with van der Waals surface area (Å²) in [4.78, 5) is 11.4. The molecule has 0 aliphatic carbocycles. The predicted molar refractivity (Wildman–Crippen MR) is 130 cm³/mol. The zero-order chi connectivity index (χ0) is 20.6. The van der Waals surface area contributed by atoms with Crippen LogP contribution in [0.4, 0.5) is 0 Å². The fraction of sp³-hybridized carbons (Fsp3) is 0.571. The Morgan fingerprint density at radius 1 is 1.13 bits per heavy atom. The Bertz CT molecular complexity index is 783. The lowest BCUT2D eigenvalue weighted by molar-refractivity contribution is -0.0704. The number of hydrogen-bond donors (Lipinski definition) is 2. The summed E-state index contributed by atoms with van der Waals surface area (Å²) in [6, 6.07) is 8.74. The van der Waals surface area contributed by atoms with Crippen LogP contribution in [-0.2, 0) is 31.4 Å². The maximum absolute atomic E-state index is 5.82. The number of nitrogens with one attached hydrogen (secondary N) is 2. The van der Waals surface area contributed by atoms with Gasteiger partial charge < -0.3 is 15.4 Å². The number of aryl methyl sites for hydroxylation is 1. The lowest BCUT2D eigenvalue weighted by Gasteiger charge is -2.35. The molecule has 1 aliphatic heterocycles. The minimum absolute atomic E-state index is 0. The molecule has 3 rings (SSSR count). The molecule has 1 fully saturated rings. The van der Waals surface area contributed by atoms with Crippen LogP contribution in [0, 0.1) is 0 Å². The van der Waals surface area contributed by atoms with Gasteiger partial charge in [-0.05, 0) is 31.9 Å². The van der Waals surface area contributed by atoms with Crippen molar-refractivity contribution in [3.05, 3.63) is 47.5 Å². The quantitative estimate of drug-likeness (QED) is 0.327. The van der Waals surface area contributed by atoms with Crippen molar-refractivity contribution in [1.82, 2.24) is 30.3 Å². The maximum atomic E-state index is 5.82. The van der Waals surface area contributed by atoms with Crippen LogP contribution in [0.1, 0.15) is 37.7 Å². The molecule has 0 amide bonds. The Hall–Kier alpha value is -1.72. The number of nitrogens with zero attached hydrogens (tertiary/aromatic N) is 5. The first-order valence-electron chi connectivity index (χ1n) is 10.3. The average molecular weight is 527 g/mol. The number of halogens is 1. The van der Waals surface area contributed by atoms with Crippen LogP contribution in [0.5, 0.6) is 0 Å². The normalized spacial score (nSPS) is 19.9. The molecular formula is C21H34IN7O. The van der Waals surface area contributed by atoms with E-state index in [2.05, 4.69) is 75.6 Å². The van der Waals surface area contributed by atoms with E-state index in [1.165, 1.54) is 11.1 Å². The fourth-order valence-electron chi connectivity index (χ4n) is 3.58. The van der Waals surface area contributed by atoms with Crippen molar-refractivity contribution in [3.63, 3.8) is 0 Å². The molecule has 166 valence electrons. The Kier molecular flexibility index (Phi) is 9.99. The Labute approximate surface area is 196 Å². The van der Waals surface area contributed by atoms with E-state index in [1.54, 1.807) is 11.0 Å². The van der Waals surface area contributed by atoms with Gasteiger partial charge in [-0.2, -0.15) is 5.10 Å². The van der Waals surface area contributed by atoms with E-state index in [-0.39, 0.29) is 24.0 Å². The molecule has 2 aromatic rings. The monoisotopic (exact) mass is 527 g/mol. The van der Waals surface area contributed by atoms with E-state index in [0.29, 0.717) is 25.3 Å². The van der Waals surface area contributed by atoms with Gasteiger partial charge in [0.25, 0.3) is 0 Å². The minimum atomic E-state index is 0. The molecule has 1 aliphatic rings. The van der Waals surface area contributed by atoms with Crippen LogP contribution < -0.4 is 10.6 Å². The fourth-order valence-corrected chi connectivity index (χ4v) is 3.58. The minimum Gasteiger partial charge on any atom is -0.373 e. The van der Waals surface area contributed by atoms with Crippen LogP contribution in [0.15, 0.2) is 35.6 Å². The Morgan fingerprint density at radius 3 is 2.40 bits per heavy atom. The second-order valence-corrected chi connectivity index (χ2v) is 7.62. The first-order chi connectivity index (χ1) is 14.0. The van der Waals surface area contributed by atoms with Gasteiger partial charge in [0, 0.05) is 33.2 Å². The van der Waals surface area contributed by atoms with Crippen molar-refractivity contribution in [3.8, 4) is 0 Å².